The maximum atomic E-state index is 12.0. The third-order valence-corrected chi connectivity index (χ3v) is 4.50. The van der Waals surface area contributed by atoms with Crippen LogP contribution in [0.4, 0.5) is 5.69 Å². The molecule has 1 aromatic rings. The molecule has 1 aliphatic heterocycles. The molecule has 1 aliphatic rings. The molecule has 21 heavy (non-hydrogen) atoms. The molecule has 4 nitrogen and oxygen atoms in total. The van der Waals surface area contributed by atoms with Crippen LogP contribution in [-0.2, 0) is 4.79 Å². The monoisotopic (exact) mass is 309 g/mol. The first-order valence-corrected chi connectivity index (χ1v) is 7.94. The fraction of sp³-hybridized carbons (Fsp3) is 0.562. The Hall–Kier alpha value is -1.10. The molecular weight excluding hydrogens is 286 g/mol. The van der Waals surface area contributed by atoms with Crippen LogP contribution in [0.15, 0.2) is 24.3 Å². The predicted molar refractivity (Wildman–Crippen MR) is 87.5 cm³/mol. The van der Waals surface area contributed by atoms with Gasteiger partial charge >= 0.3 is 0 Å². The molecule has 2 unspecified atom stereocenters. The summed E-state index contributed by atoms with van der Waals surface area (Å²) in [6.07, 6.45) is 1.66. The minimum atomic E-state index is 0.0280. The Morgan fingerprint density at radius 2 is 2.33 bits per heavy atom. The van der Waals surface area contributed by atoms with Gasteiger partial charge in [-0.05, 0) is 49.5 Å². The molecule has 1 aromatic carbocycles. The average Bonchev–Trinajstić information content (AvgIpc) is 2.46. The molecule has 2 atom stereocenters. The van der Waals surface area contributed by atoms with Crippen molar-refractivity contribution in [3.05, 3.63) is 29.3 Å². The first-order valence-electron chi connectivity index (χ1n) is 7.56. The number of amides is 1. The summed E-state index contributed by atoms with van der Waals surface area (Å²) in [7, 11) is 0. The highest BCUT2D eigenvalue weighted by atomic mass is 35.5. The van der Waals surface area contributed by atoms with Crippen molar-refractivity contribution < 1.29 is 4.79 Å². The van der Waals surface area contributed by atoms with Crippen LogP contribution in [0.5, 0.6) is 0 Å². The molecule has 0 aromatic heterocycles. The Bertz CT molecular complexity index is 480. The summed E-state index contributed by atoms with van der Waals surface area (Å²) in [6, 6.07) is 7.22. The highest BCUT2D eigenvalue weighted by molar-refractivity contribution is 6.30. The number of carbonyl (C=O) groups is 1. The van der Waals surface area contributed by atoms with Gasteiger partial charge in [-0.15, -0.1) is 0 Å². The molecule has 116 valence electrons. The number of carbonyl (C=O) groups excluding carboxylic acids is 1. The number of piperidine rings is 1. The van der Waals surface area contributed by atoms with Gasteiger partial charge < -0.3 is 16.0 Å². The molecule has 5 heteroatoms. The van der Waals surface area contributed by atoms with Crippen molar-refractivity contribution >= 4 is 23.2 Å². The smallest absolute Gasteiger partial charge is 0.225 e. The summed E-state index contributed by atoms with van der Waals surface area (Å²) in [5.41, 5.74) is 6.56. The average molecular weight is 310 g/mol. The minimum Gasteiger partial charge on any atom is -0.330 e. The Balaban J connectivity index is 1.76. The molecule has 1 saturated heterocycles. The van der Waals surface area contributed by atoms with E-state index in [-0.39, 0.29) is 5.91 Å². The van der Waals surface area contributed by atoms with E-state index in [0.717, 1.165) is 38.3 Å². The number of hydrogen-bond donors (Lipinski definition) is 2. The number of nitrogens with zero attached hydrogens (tertiary/aromatic N) is 1. The lowest BCUT2D eigenvalue weighted by Gasteiger charge is -2.36. The number of rotatable bonds is 5. The van der Waals surface area contributed by atoms with Crippen molar-refractivity contribution in [3.63, 3.8) is 0 Å². The van der Waals surface area contributed by atoms with Crippen LogP contribution in [0.2, 0.25) is 5.02 Å². The summed E-state index contributed by atoms with van der Waals surface area (Å²) in [6.45, 7) is 5.84. The van der Waals surface area contributed by atoms with Crippen molar-refractivity contribution in [2.75, 3.05) is 31.5 Å². The van der Waals surface area contributed by atoms with E-state index in [1.54, 1.807) is 12.1 Å². The SMILES string of the molecule is CC1CCN(CCC(=O)Nc2cccc(Cl)c2)CC1CN. The van der Waals surface area contributed by atoms with Crippen molar-refractivity contribution in [1.29, 1.82) is 0 Å². The number of benzene rings is 1. The number of hydrogen-bond acceptors (Lipinski definition) is 3. The molecular formula is C16H24ClN3O. The summed E-state index contributed by atoms with van der Waals surface area (Å²) in [4.78, 5) is 14.3. The van der Waals surface area contributed by atoms with Crippen molar-refractivity contribution in [1.82, 2.24) is 4.90 Å². The summed E-state index contributed by atoms with van der Waals surface area (Å²) in [5.74, 6) is 1.27. The van der Waals surface area contributed by atoms with Gasteiger partial charge in [0.05, 0.1) is 0 Å². The topological polar surface area (TPSA) is 58.4 Å². The zero-order chi connectivity index (χ0) is 15.2. The van der Waals surface area contributed by atoms with E-state index in [4.69, 9.17) is 17.3 Å². The van der Waals surface area contributed by atoms with Crippen molar-refractivity contribution in [2.24, 2.45) is 17.6 Å². The van der Waals surface area contributed by atoms with Crippen LogP contribution in [0.3, 0.4) is 0 Å². The van der Waals surface area contributed by atoms with Gasteiger partial charge in [0.15, 0.2) is 0 Å². The Labute approximate surface area is 131 Å². The number of nitrogens with two attached hydrogens (primary N) is 1. The summed E-state index contributed by atoms with van der Waals surface area (Å²) in [5, 5.41) is 3.51. The normalized spacial score (nSPS) is 23.0. The lowest BCUT2D eigenvalue weighted by atomic mass is 9.87. The lowest BCUT2D eigenvalue weighted by Crippen LogP contribution is -2.43. The molecule has 0 aliphatic carbocycles. The van der Waals surface area contributed by atoms with Crippen molar-refractivity contribution in [2.45, 2.75) is 19.8 Å². The maximum Gasteiger partial charge on any atom is 0.225 e. The van der Waals surface area contributed by atoms with Gasteiger partial charge in [-0.25, -0.2) is 0 Å². The van der Waals surface area contributed by atoms with Crippen LogP contribution in [-0.4, -0.2) is 37.0 Å². The molecule has 1 amide bonds. The van der Waals surface area contributed by atoms with E-state index in [0.29, 0.717) is 23.3 Å². The predicted octanol–water partition coefficient (Wildman–Crippen LogP) is 2.59. The molecule has 0 bridgehead atoms. The second-order valence-electron chi connectivity index (χ2n) is 5.87. The number of anilines is 1. The first-order chi connectivity index (χ1) is 10.1. The van der Waals surface area contributed by atoms with E-state index < -0.39 is 0 Å². The fourth-order valence-corrected chi connectivity index (χ4v) is 2.97. The van der Waals surface area contributed by atoms with E-state index in [9.17, 15) is 4.79 Å². The van der Waals surface area contributed by atoms with Crippen molar-refractivity contribution in [3.8, 4) is 0 Å². The second-order valence-corrected chi connectivity index (χ2v) is 6.31. The van der Waals surface area contributed by atoms with Crippen LogP contribution in [0.25, 0.3) is 0 Å². The zero-order valence-electron chi connectivity index (χ0n) is 12.5. The lowest BCUT2D eigenvalue weighted by molar-refractivity contribution is -0.116. The van der Waals surface area contributed by atoms with Crippen LogP contribution in [0, 0.1) is 11.8 Å². The molecule has 2 rings (SSSR count). The van der Waals surface area contributed by atoms with E-state index in [2.05, 4.69) is 17.1 Å². The van der Waals surface area contributed by atoms with Crippen LogP contribution in [0.1, 0.15) is 19.8 Å². The number of likely N-dealkylation sites (tertiary alicyclic amines) is 1. The standard InChI is InChI=1S/C16H24ClN3O/c1-12-5-7-20(11-13(12)10-18)8-6-16(21)19-15-4-2-3-14(17)9-15/h2-4,9,12-13H,5-8,10-11,18H2,1H3,(H,19,21). The second kappa shape index (κ2) is 7.78. The molecule has 1 fully saturated rings. The molecule has 0 radical (unpaired) electrons. The quantitative estimate of drug-likeness (QED) is 0.879. The van der Waals surface area contributed by atoms with Gasteiger partial charge in [-0.1, -0.05) is 24.6 Å². The van der Waals surface area contributed by atoms with Gasteiger partial charge in [-0.2, -0.15) is 0 Å². The van der Waals surface area contributed by atoms with E-state index in [1.165, 1.54) is 0 Å². The van der Waals surface area contributed by atoms with Gasteiger partial charge in [0.25, 0.3) is 0 Å². The Kier molecular flexibility index (Phi) is 6.03. The Morgan fingerprint density at radius 3 is 3.05 bits per heavy atom. The van der Waals surface area contributed by atoms with Gasteiger partial charge in [0.1, 0.15) is 0 Å². The highest BCUT2D eigenvalue weighted by Crippen LogP contribution is 2.22. The highest BCUT2D eigenvalue weighted by Gasteiger charge is 2.25. The van der Waals surface area contributed by atoms with Gasteiger partial charge in [0, 0.05) is 30.2 Å². The largest absolute Gasteiger partial charge is 0.330 e. The summed E-state index contributed by atoms with van der Waals surface area (Å²) >= 11 is 5.90. The van der Waals surface area contributed by atoms with E-state index in [1.807, 2.05) is 12.1 Å². The number of nitrogens with one attached hydrogen (secondary N) is 1. The molecule has 3 N–H and O–H groups in total. The third kappa shape index (κ3) is 4.99. The van der Waals surface area contributed by atoms with Crippen LogP contribution >= 0.6 is 11.6 Å². The van der Waals surface area contributed by atoms with E-state index >= 15 is 0 Å². The fourth-order valence-electron chi connectivity index (χ4n) is 2.78. The Morgan fingerprint density at radius 1 is 1.52 bits per heavy atom. The molecule has 0 saturated carbocycles. The minimum absolute atomic E-state index is 0.0280. The first kappa shape index (κ1) is 16.3. The zero-order valence-corrected chi connectivity index (χ0v) is 13.3. The summed E-state index contributed by atoms with van der Waals surface area (Å²) < 4.78 is 0. The van der Waals surface area contributed by atoms with Gasteiger partial charge in [-0.3, -0.25) is 4.79 Å². The molecule has 1 heterocycles. The maximum absolute atomic E-state index is 12.0. The van der Waals surface area contributed by atoms with Crippen LogP contribution < -0.4 is 11.1 Å². The number of halogens is 1. The molecule has 0 spiro atoms. The third-order valence-electron chi connectivity index (χ3n) is 4.26. The van der Waals surface area contributed by atoms with Gasteiger partial charge in [0.2, 0.25) is 5.91 Å².